The summed E-state index contributed by atoms with van der Waals surface area (Å²) >= 11 is 12.3. The lowest BCUT2D eigenvalue weighted by molar-refractivity contribution is -0.00580. The number of phenolic OH excluding ortho intramolecular Hbond substituents is 1. The van der Waals surface area contributed by atoms with Crippen molar-refractivity contribution in [1.29, 1.82) is 0 Å². The predicted molar refractivity (Wildman–Crippen MR) is 82.6 cm³/mol. The predicted octanol–water partition coefficient (Wildman–Crippen LogP) is 3.15. The van der Waals surface area contributed by atoms with Crippen LogP contribution in [0.4, 0.5) is 4.79 Å². The number of cyclic esters (lactones) is 1. The van der Waals surface area contributed by atoms with Gasteiger partial charge in [-0.1, -0.05) is 23.2 Å². The summed E-state index contributed by atoms with van der Waals surface area (Å²) in [5.74, 6) is -0.0358. The highest BCUT2D eigenvalue weighted by Crippen LogP contribution is 2.45. The van der Waals surface area contributed by atoms with Crippen molar-refractivity contribution in [3.63, 3.8) is 0 Å². The molecule has 2 heterocycles. The van der Waals surface area contributed by atoms with Crippen molar-refractivity contribution in [2.75, 3.05) is 13.2 Å². The Morgan fingerprint density at radius 1 is 1.41 bits per heavy atom. The third-order valence-corrected chi connectivity index (χ3v) is 5.49. The summed E-state index contributed by atoms with van der Waals surface area (Å²) in [5, 5.41) is 20.3. The second-order valence-electron chi connectivity index (χ2n) is 6.08. The lowest BCUT2D eigenvalue weighted by Gasteiger charge is -2.37. The van der Waals surface area contributed by atoms with E-state index in [9.17, 15) is 15.0 Å². The average molecular weight is 346 g/mol. The highest BCUT2D eigenvalue weighted by atomic mass is 35.5. The van der Waals surface area contributed by atoms with Gasteiger partial charge in [0.25, 0.3) is 0 Å². The Bertz CT molecular complexity index is 624. The molecule has 0 aliphatic carbocycles. The average Bonchev–Trinajstić information content (AvgIpc) is 2.75. The Kier molecular flexibility index (Phi) is 3.91. The fourth-order valence-corrected chi connectivity index (χ4v) is 3.93. The molecule has 22 heavy (non-hydrogen) atoms. The van der Waals surface area contributed by atoms with Gasteiger partial charge in [-0.2, -0.15) is 0 Å². The first-order chi connectivity index (χ1) is 10.4. The van der Waals surface area contributed by atoms with Crippen molar-refractivity contribution >= 4 is 29.3 Å². The van der Waals surface area contributed by atoms with Crippen molar-refractivity contribution in [2.45, 2.75) is 37.3 Å². The number of ether oxygens (including phenoxy) is 1. The van der Waals surface area contributed by atoms with Crippen LogP contribution in [-0.4, -0.2) is 46.0 Å². The molecule has 2 saturated heterocycles. The van der Waals surface area contributed by atoms with Crippen LogP contribution >= 0.6 is 23.2 Å². The first-order valence-electron chi connectivity index (χ1n) is 7.14. The molecule has 0 saturated carbocycles. The van der Waals surface area contributed by atoms with Gasteiger partial charge in [0, 0.05) is 18.0 Å². The van der Waals surface area contributed by atoms with Gasteiger partial charge in [-0.15, -0.1) is 0 Å². The third-order valence-electron chi connectivity index (χ3n) is 4.67. The second kappa shape index (κ2) is 5.48. The van der Waals surface area contributed by atoms with Gasteiger partial charge in [0.1, 0.15) is 5.75 Å². The number of aliphatic hydroxyl groups is 1. The number of hydrogen-bond donors (Lipinski definition) is 2. The lowest BCUT2D eigenvalue weighted by atomic mass is 9.82. The van der Waals surface area contributed by atoms with Crippen molar-refractivity contribution in [3.8, 4) is 5.75 Å². The van der Waals surface area contributed by atoms with Crippen LogP contribution in [-0.2, 0) is 4.74 Å². The van der Waals surface area contributed by atoms with Crippen molar-refractivity contribution in [2.24, 2.45) is 0 Å². The molecule has 1 aromatic carbocycles. The molecular weight excluding hydrogens is 329 g/mol. The number of rotatable bonds is 2. The topological polar surface area (TPSA) is 70.0 Å². The Hall–Kier alpha value is -1.17. The Balaban J connectivity index is 1.90. The van der Waals surface area contributed by atoms with Crippen molar-refractivity contribution in [3.05, 3.63) is 27.7 Å². The van der Waals surface area contributed by atoms with Crippen molar-refractivity contribution in [1.82, 2.24) is 4.90 Å². The number of carbonyl (C=O) groups is 1. The number of piperidine rings is 1. The van der Waals surface area contributed by atoms with Crippen LogP contribution < -0.4 is 0 Å². The van der Waals surface area contributed by atoms with Crippen LogP contribution in [0.15, 0.2) is 12.1 Å². The molecule has 0 radical (unpaired) electrons. The number of phenols is 1. The van der Waals surface area contributed by atoms with Gasteiger partial charge in [-0.05, 0) is 31.9 Å². The van der Waals surface area contributed by atoms with Crippen LogP contribution in [0.3, 0.4) is 0 Å². The van der Waals surface area contributed by atoms with E-state index >= 15 is 0 Å². The molecule has 2 aliphatic heterocycles. The maximum atomic E-state index is 12.1. The standard InChI is InChI=1S/C15H17Cl2NO4/c1-15(7-19)11-5-2-8(6-18(11)14(21)22-15)12-10(20)4-3-9(16)13(12)17/h3-4,8,11,19-20H,2,5-7H2,1H3/t8-,11-,15-/m0/s1. The Morgan fingerprint density at radius 2 is 2.14 bits per heavy atom. The van der Waals surface area contributed by atoms with E-state index in [0.29, 0.717) is 28.6 Å². The fourth-order valence-electron chi connectivity index (χ4n) is 3.45. The number of halogens is 2. The molecule has 7 heteroatoms. The van der Waals surface area contributed by atoms with Gasteiger partial charge in [0.15, 0.2) is 5.60 Å². The van der Waals surface area contributed by atoms with Gasteiger partial charge in [-0.25, -0.2) is 4.79 Å². The molecule has 1 aromatic rings. The van der Waals surface area contributed by atoms with Crippen molar-refractivity contribution < 1.29 is 19.7 Å². The van der Waals surface area contributed by atoms with E-state index in [1.165, 1.54) is 6.07 Å². The van der Waals surface area contributed by atoms with Crippen LogP contribution in [0.5, 0.6) is 5.75 Å². The number of nitrogens with zero attached hydrogens (tertiary/aromatic N) is 1. The van der Waals surface area contributed by atoms with E-state index in [1.54, 1.807) is 17.9 Å². The smallest absolute Gasteiger partial charge is 0.410 e. The lowest BCUT2D eigenvalue weighted by Crippen LogP contribution is -2.49. The molecule has 2 N–H and O–H groups in total. The Labute approximate surface area is 138 Å². The quantitative estimate of drug-likeness (QED) is 0.863. The largest absolute Gasteiger partial charge is 0.508 e. The van der Waals surface area contributed by atoms with E-state index < -0.39 is 11.7 Å². The van der Waals surface area contributed by atoms with Crippen LogP contribution in [0.25, 0.3) is 0 Å². The number of aliphatic hydroxyl groups excluding tert-OH is 1. The minimum absolute atomic E-state index is 0.0790. The summed E-state index contributed by atoms with van der Waals surface area (Å²) in [4.78, 5) is 13.7. The maximum absolute atomic E-state index is 12.1. The molecule has 0 unspecified atom stereocenters. The van der Waals surface area contributed by atoms with E-state index in [0.717, 1.165) is 6.42 Å². The molecule has 3 rings (SSSR count). The maximum Gasteiger partial charge on any atom is 0.410 e. The molecule has 120 valence electrons. The van der Waals surface area contributed by atoms with Crippen LogP contribution in [0.2, 0.25) is 10.0 Å². The summed E-state index contributed by atoms with van der Waals surface area (Å²) in [6, 6.07) is 2.89. The van der Waals surface area contributed by atoms with Gasteiger partial charge < -0.3 is 19.8 Å². The summed E-state index contributed by atoms with van der Waals surface area (Å²) in [7, 11) is 0. The summed E-state index contributed by atoms with van der Waals surface area (Å²) in [5.41, 5.74) is -0.305. The first kappa shape index (κ1) is 15.7. The highest BCUT2D eigenvalue weighted by Gasteiger charge is 2.52. The molecule has 0 bridgehead atoms. The zero-order chi connectivity index (χ0) is 16.1. The minimum Gasteiger partial charge on any atom is -0.508 e. The van der Waals surface area contributed by atoms with E-state index in [4.69, 9.17) is 27.9 Å². The molecule has 0 aromatic heterocycles. The molecular formula is C15H17Cl2NO4. The van der Waals surface area contributed by atoms with Crippen LogP contribution in [0.1, 0.15) is 31.2 Å². The first-order valence-corrected chi connectivity index (χ1v) is 7.90. The van der Waals surface area contributed by atoms with Gasteiger partial charge in [-0.3, -0.25) is 0 Å². The molecule has 0 spiro atoms. The fraction of sp³-hybridized carbons (Fsp3) is 0.533. The molecule has 2 fully saturated rings. The summed E-state index contributed by atoms with van der Waals surface area (Å²) in [6.07, 6.45) is 0.945. The van der Waals surface area contributed by atoms with Gasteiger partial charge in [0.05, 0.1) is 22.7 Å². The number of hydrogen-bond acceptors (Lipinski definition) is 4. The van der Waals surface area contributed by atoms with Crippen LogP contribution in [0, 0.1) is 0 Å². The number of fused-ring (bicyclic) bond motifs is 1. The molecule has 5 nitrogen and oxygen atoms in total. The van der Waals surface area contributed by atoms with E-state index in [-0.39, 0.29) is 24.3 Å². The number of aromatic hydroxyl groups is 1. The highest BCUT2D eigenvalue weighted by molar-refractivity contribution is 6.42. The van der Waals surface area contributed by atoms with Gasteiger partial charge in [0.2, 0.25) is 0 Å². The molecule has 3 atom stereocenters. The summed E-state index contributed by atoms with van der Waals surface area (Å²) in [6.45, 7) is 1.90. The zero-order valence-corrected chi connectivity index (χ0v) is 13.6. The number of benzene rings is 1. The van der Waals surface area contributed by atoms with Gasteiger partial charge >= 0.3 is 6.09 Å². The number of carbonyl (C=O) groups excluding carboxylic acids is 1. The normalized spacial score (nSPS) is 31.1. The monoisotopic (exact) mass is 345 g/mol. The summed E-state index contributed by atoms with van der Waals surface area (Å²) < 4.78 is 5.33. The number of amides is 1. The van der Waals surface area contributed by atoms with E-state index in [2.05, 4.69) is 0 Å². The third kappa shape index (κ3) is 2.32. The SMILES string of the molecule is C[C@@]1(CO)OC(=O)N2C[C@@H](c3c(O)ccc(Cl)c3Cl)CC[C@H]21. The zero-order valence-electron chi connectivity index (χ0n) is 12.1. The second-order valence-corrected chi connectivity index (χ2v) is 6.86. The van der Waals surface area contributed by atoms with E-state index in [1.807, 2.05) is 0 Å². The molecule has 2 aliphatic rings. The molecule has 1 amide bonds. The minimum atomic E-state index is -0.873. The Morgan fingerprint density at radius 3 is 2.82 bits per heavy atom.